The van der Waals surface area contributed by atoms with Crippen molar-refractivity contribution in [2.24, 2.45) is 0 Å². The molecule has 22 heavy (non-hydrogen) atoms. The molecule has 2 heterocycles. The average molecular weight is 300 g/mol. The molecule has 2 aromatic rings. The summed E-state index contributed by atoms with van der Waals surface area (Å²) in [6.45, 7) is 4.75. The Kier molecular flexibility index (Phi) is 3.88. The SMILES string of the molecule is Cc1oc(-c2ccc(O)cc2)nc1CC(=O)N1CCCC1C. The van der Waals surface area contributed by atoms with Crippen molar-refractivity contribution in [3.8, 4) is 17.2 Å². The quantitative estimate of drug-likeness (QED) is 0.946. The zero-order valence-corrected chi connectivity index (χ0v) is 12.9. The van der Waals surface area contributed by atoms with E-state index in [1.54, 1.807) is 24.3 Å². The Morgan fingerprint density at radius 3 is 2.77 bits per heavy atom. The van der Waals surface area contributed by atoms with E-state index in [0.29, 0.717) is 23.4 Å². The number of carbonyl (C=O) groups excluding carboxylic acids is 1. The maximum Gasteiger partial charge on any atom is 0.228 e. The Morgan fingerprint density at radius 1 is 1.41 bits per heavy atom. The Hall–Kier alpha value is -2.30. The largest absolute Gasteiger partial charge is 0.508 e. The fraction of sp³-hybridized carbons (Fsp3) is 0.412. The highest BCUT2D eigenvalue weighted by atomic mass is 16.4. The van der Waals surface area contributed by atoms with Gasteiger partial charge in [-0.05, 0) is 51.0 Å². The van der Waals surface area contributed by atoms with Crippen molar-refractivity contribution in [2.45, 2.75) is 39.2 Å². The minimum Gasteiger partial charge on any atom is -0.508 e. The van der Waals surface area contributed by atoms with Crippen LogP contribution >= 0.6 is 0 Å². The number of aryl methyl sites for hydroxylation is 1. The van der Waals surface area contributed by atoms with E-state index >= 15 is 0 Å². The molecule has 0 aliphatic carbocycles. The monoisotopic (exact) mass is 300 g/mol. The number of aromatic hydroxyl groups is 1. The van der Waals surface area contributed by atoms with Crippen LogP contribution in [-0.2, 0) is 11.2 Å². The van der Waals surface area contributed by atoms with Crippen molar-refractivity contribution >= 4 is 5.91 Å². The Labute approximate surface area is 129 Å². The molecule has 1 unspecified atom stereocenters. The van der Waals surface area contributed by atoms with Crippen LogP contribution in [0.25, 0.3) is 11.5 Å². The number of hydrogen-bond donors (Lipinski definition) is 1. The molecule has 0 spiro atoms. The summed E-state index contributed by atoms with van der Waals surface area (Å²) < 4.78 is 5.67. The molecule has 1 saturated heterocycles. The second kappa shape index (κ2) is 5.83. The zero-order chi connectivity index (χ0) is 15.7. The number of amides is 1. The van der Waals surface area contributed by atoms with Crippen LogP contribution in [-0.4, -0.2) is 33.5 Å². The van der Waals surface area contributed by atoms with Gasteiger partial charge < -0.3 is 14.4 Å². The summed E-state index contributed by atoms with van der Waals surface area (Å²) in [5, 5.41) is 9.33. The van der Waals surface area contributed by atoms with Crippen molar-refractivity contribution in [3.05, 3.63) is 35.7 Å². The van der Waals surface area contributed by atoms with Crippen molar-refractivity contribution in [3.63, 3.8) is 0 Å². The topological polar surface area (TPSA) is 66.6 Å². The smallest absolute Gasteiger partial charge is 0.228 e. The number of benzene rings is 1. The molecule has 1 N–H and O–H groups in total. The Bertz CT molecular complexity index is 676. The summed E-state index contributed by atoms with van der Waals surface area (Å²) in [5.74, 6) is 1.46. The number of hydrogen-bond acceptors (Lipinski definition) is 4. The molecule has 1 atom stereocenters. The molecule has 3 rings (SSSR count). The van der Waals surface area contributed by atoms with Gasteiger partial charge in [0.2, 0.25) is 11.8 Å². The van der Waals surface area contributed by atoms with Crippen molar-refractivity contribution < 1.29 is 14.3 Å². The van der Waals surface area contributed by atoms with Gasteiger partial charge in [0.15, 0.2) is 0 Å². The summed E-state index contributed by atoms with van der Waals surface area (Å²) in [5.41, 5.74) is 1.47. The first-order valence-electron chi connectivity index (χ1n) is 7.60. The number of aromatic nitrogens is 1. The second-order valence-electron chi connectivity index (χ2n) is 5.82. The van der Waals surface area contributed by atoms with Gasteiger partial charge in [-0.25, -0.2) is 4.98 Å². The number of oxazole rings is 1. The molecule has 0 radical (unpaired) electrons. The van der Waals surface area contributed by atoms with E-state index in [0.717, 1.165) is 24.9 Å². The van der Waals surface area contributed by atoms with Crippen LogP contribution in [0.5, 0.6) is 5.75 Å². The lowest BCUT2D eigenvalue weighted by atomic mass is 10.2. The van der Waals surface area contributed by atoms with E-state index < -0.39 is 0 Å². The third-order valence-electron chi connectivity index (χ3n) is 4.20. The maximum atomic E-state index is 12.4. The lowest BCUT2D eigenvalue weighted by Gasteiger charge is -2.20. The Morgan fingerprint density at radius 2 is 2.14 bits per heavy atom. The first-order valence-corrected chi connectivity index (χ1v) is 7.60. The van der Waals surface area contributed by atoms with E-state index in [2.05, 4.69) is 11.9 Å². The molecular formula is C17H20N2O3. The van der Waals surface area contributed by atoms with E-state index in [1.165, 1.54) is 0 Å². The van der Waals surface area contributed by atoms with E-state index in [1.807, 2.05) is 11.8 Å². The highest BCUT2D eigenvalue weighted by Crippen LogP contribution is 2.25. The Balaban J connectivity index is 1.77. The van der Waals surface area contributed by atoms with Gasteiger partial charge in [-0.15, -0.1) is 0 Å². The van der Waals surface area contributed by atoms with Gasteiger partial charge >= 0.3 is 0 Å². The highest BCUT2D eigenvalue weighted by Gasteiger charge is 2.26. The first kappa shape index (κ1) is 14.6. The van der Waals surface area contributed by atoms with Gasteiger partial charge in [-0.3, -0.25) is 4.79 Å². The normalized spacial score (nSPS) is 17.9. The lowest BCUT2D eigenvalue weighted by molar-refractivity contribution is -0.131. The molecule has 0 bridgehead atoms. The van der Waals surface area contributed by atoms with Crippen molar-refractivity contribution in [1.82, 2.24) is 9.88 Å². The fourth-order valence-electron chi connectivity index (χ4n) is 2.87. The molecule has 5 heteroatoms. The molecular weight excluding hydrogens is 280 g/mol. The van der Waals surface area contributed by atoms with Crippen LogP contribution in [0.1, 0.15) is 31.2 Å². The van der Waals surface area contributed by atoms with Gasteiger partial charge in [0, 0.05) is 18.2 Å². The molecule has 1 aromatic heterocycles. The van der Waals surface area contributed by atoms with Crippen LogP contribution in [0.4, 0.5) is 0 Å². The number of rotatable bonds is 3. The van der Waals surface area contributed by atoms with Gasteiger partial charge in [0.1, 0.15) is 11.5 Å². The van der Waals surface area contributed by atoms with Crippen LogP contribution in [0.2, 0.25) is 0 Å². The predicted molar refractivity (Wildman–Crippen MR) is 82.5 cm³/mol. The molecule has 5 nitrogen and oxygen atoms in total. The molecule has 0 saturated carbocycles. The highest BCUT2D eigenvalue weighted by molar-refractivity contribution is 5.79. The molecule has 1 aliphatic rings. The summed E-state index contributed by atoms with van der Waals surface area (Å²) in [7, 11) is 0. The third kappa shape index (κ3) is 2.84. The van der Waals surface area contributed by atoms with Gasteiger partial charge in [0.05, 0.1) is 12.1 Å². The molecule has 1 aromatic carbocycles. The van der Waals surface area contributed by atoms with Crippen LogP contribution in [0.15, 0.2) is 28.7 Å². The van der Waals surface area contributed by atoms with Crippen molar-refractivity contribution in [1.29, 1.82) is 0 Å². The summed E-state index contributed by atoms with van der Waals surface area (Å²) in [6, 6.07) is 6.98. The van der Waals surface area contributed by atoms with E-state index in [9.17, 15) is 9.90 Å². The lowest BCUT2D eigenvalue weighted by Crippen LogP contribution is -2.34. The van der Waals surface area contributed by atoms with Crippen LogP contribution < -0.4 is 0 Å². The van der Waals surface area contributed by atoms with E-state index in [-0.39, 0.29) is 18.1 Å². The summed E-state index contributed by atoms with van der Waals surface area (Å²) in [4.78, 5) is 18.8. The number of likely N-dealkylation sites (tertiary alicyclic amines) is 1. The molecule has 1 aliphatic heterocycles. The number of nitrogens with zero attached hydrogens (tertiary/aromatic N) is 2. The number of carbonyl (C=O) groups is 1. The number of phenols is 1. The van der Waals surface area contributed by atoms with Gasteiger partial charge in [0.25, 0.3) is 0 Å². The van der Waals surface area contributed by atoms with Crippen LogP contribution in [0, 0.1) is 6.92 Å². The predicted octanol–water partition coefficient (Wildman–Crippen LogP) is 2.91. The summed E-state index contributed by atoms with van der Waals surface area (Å²) >= 11 is 0. The standard InChI is InChI=1S/C17H20N2O3/c1-11-4-3-9-19(11)16(21)10-15-12(2)22-17(18-15)13-5-7-14(20)8-6-13/h5-8,11,20H,3-4,9-10H2,1-2H3. The number of phenolic OH excluding ortho intramolecular Hbond substituents is 1. The average Bonchev–Trinajstić information content (AvgIpc) is 3.06. The second-order valence-corrected chi connectivity index (χ2v) is 5.82. The van der Waals surface area contributed by atoms with Gasteiger partial charge in [-0.1, -0.05) is 0 Å². The van der Waals surface area contributed by atoms with Gasteiger partial charge in [-0.2, -0.15) is 0 Å². The minimum absolute atomic E-state index is 0.110. The summed E-state index contributed by atoms with van der Waals surface area (Å²) in [6.07, 6.45) is 2.42. The molecule has 1 fully saturated rings. The third-order valence-corrected chi connectivity index (χ3v) is 4.20. The molecule has 1 amide bonds. The minimum atomic E-state index is 0.110. The van der Waals surface area contributed by atoms with E-state index in [4.69, 9.17) is 4.42 Å². The molecule has 116 valence electrons. The fourth-order valence-corrected chi connectivity index (χ4v) is 2.87. The maximum absolute atomic E-state index is 12.4. The van der Waals surface area contributed by atoms with Crippen LogP contribution in [0.3, 0.4) is 0 Å². The van der Waals surface area contributed by atoms with Crippen molar-refractivity contribution in [2.75, 3.05) is 6.54 Å². The first-order chi connectivity index (χ1) is 10.5. The zero-order valence-electron chi connectivity index (χ0n) is 12.9.